The molecule has 1 fully saturated rings. The topological polar surface area (TPSA) is 23.5 Å². The molecule has 0 heterocycles. The molecule has 2 nitrogen and oxygen atoms in total. The second-order valence-electron chi connectivity index (χ2n) is 4.67. The second kappa shape index (κ2) is 3.75. The lowest BCUT2D eigenvalue weighted by Gasteiger charge is -2.39. The minimum absolute atomic E-state index is 0.344. The third-order valence-corrected chi connectivity index (χ3v) is 2.53. The van der Waals surface area contributed by atoms with Crippen molar-refractivity contribution < 1.29 is 5.11 Å². The average molecular weight is 171 g/mol. The molecule has 0 aromatic carbocycles. The van der Waals surface area contributed by atoms with Gasteiger partial charge in [-0.3, -0.25) is 0 Å². The zero-order chi connectivity index (χ0) is 9.19. The number of hydrogen-bond donors (Lipinski definition) is 1. The highest BCUT2D eigenvalue weighted by Gasteiger charge is 2.35. The van der Waals surface area contributed by atoms with E-state index in [2.05, 4.69) is 25.8 Å². The van der Waals surface area contributed by atoms with E-state index in [0.29, 0.717) is 5.92 Å². The lowest BCUT2D eigenvalue weighted by molar-refractivity contribution is -0.0556. The first-order valence-electron chi connectivity index (χ1n) is 4.93. The summed E-state index contributed by atoms with van der Waals surface area (Å²) < 4.78 is 0. The Morgan fingerprint density at radius 2 is 2.00 bits per heavy atom. The van der Waals surface area contributed by atoms with Gasteiger partial charge in [-0.15, -0.1) is 0 Å². The van der Waals surface area contributed by atoms with Crippen LogP contribution in [0.15, 0.2) is 0 Å². The minimum atomic E-state index is -0.344. The van der Waals surface area contributed by atoms with Gasteiger partial charge in [-0.25, -0.2) is 0 Å². The van der Waals surface area contributed by atoms with Crippen molar-refractivity contribution in [3.63, 3.8) is 0 Å². The summed E-state index contributed by atoms with van der Waals surface area (Å²) in [5, 5.41) is 9.85. The first-order valence-corrected chi connectivity index (χ1v) is 4.93. The maximum absolute atomic E-state index is 9.85. The van der Waals surface area contributed by atoms with E-state index in [9.17, 15) is 5.11 Å². The van der Waals surface area contributed by atoms with Crippen LogP contribution in [0, 0.1) is 5.92 Å². The zero-order valence-electron chi connectivity index (χ0n) is 8.51. The van der Waals surface area contributed by atoms with E-state index in [1.54, 1.807) is 0 Å². The van der Waals surface area contributed by atoms with Crippen LogP contribution < -0.4 is 0 Å². The Hall–Kier alpha value is -0.0800. The Labute approximate surface area is 75.6 Å². The van der Waals surface area contributed by atoms with Gasteiger partial charge in [0.25, 0.3) is 0 Å². The van der Waals surface area contributed by atoms with Crippen molar-refractivity contribution in [2.45, 2.75) is 38.7 Å². The molecule has 1 saturated carbocycles. The molecular formula is C10H21NO. The van der Waals surface area contributed by atoms with Gasteiger partial charge < -0.3 is 10.0 Å². The van der Waals surface area contributed by atoms with Crippen molar-refractivity contribution in [1.82, 2.24) is 4.90 Å². The third kappa shape index (κ3) is 2.76. The molecule has 1 aliphatic rings. The van der Waals surface area contributed by atoms with Gasteiger partial charge in [0.1, 0.15) is 0 Å². The van der Waals surface area contributed by atoms with E-state index < -0.39 is 0 Å². The standard InChI is InChI=1S/C10H21NO/c1-9(2)7-11(3)8-10(12)5-4-6-10/h9,12H,4-8H2,1-3H3. The molecule has 0 unspecified atom stereocenters. The Bertz CT molecular complexity index is 141. The largest absolute Gasteiger partial charge is 0.389 e. The smallest absolute Gasteiger partial charge is 0.0774 e. The number of rotatable bonds is 4. The highest BCUT2D eigenvalue weighted by Crippen LogP contribution is 2.31. The van der Waals surface area contributed by atoms with Gasteiger partial charge in [-0.1, -0.05) is 13.8 Å². The van der Waals surface area contributed by atoms with Crippen molar-refractivity contribution in [2.24, 2.45) is 5.92 Å². The zero-order valence-corrected chi connectivity index (χ0v) is 8.51. The number of hydrogen-bond acceptors (Lipinski definition) is 2. The molecule has 0 radical (unpaired) electrons. The van der Waals surface area contributed by atoms with Crippen LogP contribution in [0.5, 0.6) is 0 Å². The lowest BCUT2D eigenvalue weighted by atomic mass is 9.80. The fraction of sp³-hybridized carbons (Fsp3) is 1.00. The fourth-order valence-electron chi connectivity index (χ4n) is 1.93. The molecule has 0 aromatic rings. The van der Waals surface area contributed by atoms with Gasteiger partial charge >= 0.3 is 0 Å². The molecule has 1 aliphatic carbocycles. The molecular weight excluding hydrogens is 150 g/mol. The van der Waals surface area contributed by atoms with Crippen LogP contribution >= 0.6 is 0 Å². The molecule has 0 saturated heterocycles. The van der Waals surface area contributed by atoms with Crippen LogP contribution in [0.2, 0.25) is 0 Å². The second-order valence-corrected chi connectivity index (χ2v) is 4.67. The molecule has 72 valence electrons. The van der Waals surface area contributed by atoms with Crippen molar-refractivity contribution in [1.29, 1.82) is 0 Å². The molecule has 0 bridgehead atoms. The van der Waals surface area contributed by atoms with E-state index in [0.717, 1.165) is 25.9 Å². The Balaban J connectivity index is 2.20. The lowest BCUT2D eigenvalue weighted by Crippen LogP contribution is -2.47. The van der Waals surface area contributed by atoms with Gasteiger partial charge in [0.15, 0.2) is 0 Å². The molecule has 0 aliphatic heterocycles. The maximum atomic E-state index is 9.85. The first-order chi connectivity index (χ1) is 5.52. The van der Waals surface area contributed by atoms with Gasteiger partial charge in [0, 0.05) is 13.1 Å². The summed E-state index contributed by atoms with van der Waals surface area (Å²) in [6.07, 6.45) is 3.19. The van der Waals surface area contributed by atoms with Gasteiger partial charge in [0.05, 0.1) is 5.60 Å². The molecule has 0 atom stereocenters. The van der Waals surface area contributed by atoms with E-state index in [4.69, 9.17) is 0 Å². The summed E-state index contributed by atoms with van der Waals surface area (Å²) in [6.45, 7) is 6.36. The first kappa shape index (κ1) is 10.0. The molecule has 0 spiro atoms. The monoisotopic (exact) mass is 171 g/mol. The molecule has 0 aromatic heterocycles. The van der Waals surface area contributed by atoms with Crippen molar-refractivity contribution >= 4 is 0 Å². The Kier molecular flexibility index (Phi) is 3.13. The summed E-state index contributed by atoms with van der Waals surface area (Å²) in [6, 6.07) is 0. The van der Waals surface area contributed by atoms with Crippen molar-refractivity contribution in [2.75, 3.05) is 20.1 Å². The maximum Gasteiger partial charge on any atom is 0.0774 e. The predicted octanol–water partition coefficient (Wildman–Crippen LogP) is 1.49. The molecule has 0 amide bonds. The average Bonchev–Trinajstić information content (AvgIpc) is 1.81. The van der Waals surface area contributed by atoms with Gasteiger partial charge in [-0.05, 0) is 32.2 Å². The van der Waals surface area contributed by atoms with Crippen LogP contribution in [-0.4, -0.2) is 35.7 Å². The van der Waals surface area contributed by atoms with Gasteiger partial charge in [-0.2, -0.15) is 0 Å². The van der Waals surface area contributed by atoms with Crippen LogP contribution in [0.3, 0.4) is 0 Å². The summed E-state index contributed by atoms with van der Waals surface area (Å²) >= 11 is 0. The fourth-order valence-corrected chi connectivity index (χ4v) is 1.93. The number of aliphatic hydroxyl groups is 1. The summed E-state index contributed by atoms with van der Waals surface area (Å²) in [7, 11) is 2.09. The summed E-state index contributed by atoms with van der Waals surface area (Å²) in [5.41, 5.74) is -0.344. The molecule has 2 heteroatoms. The Morgan fingerprint density at radius 1 is 1.42 bits per heavy atom. The predicted molar refractivity (Wildman–Crippen MR) is 51.1 cm³/mol. The van der Waals surface area contributed by atoms with Crippen LogP contribution in [0.25, 0.3) is 0 Å². The molecule has 12 heavy (non-hydrogen) atoms. The van der Waals surface area contributed by atoms with E-state index >= 15 is 0 Å². The molecule has 1 N–H and O–H groups in total. The van der Waals surface area contributed by atoms with E-state index in [1.807, 2.05) is 0 Å². The summed E-state index contributed by atoms with van der Waals surface area (Å²) in [4.78, 5) is 2.24. The number of likely N-dealkylation sites (N-methyl/N-ethyl adjacent to an activating group) is 1. The highest BCUT2D eigenvalue weighted by atomic mass is 16.3. The van der Waals surface area contributed by atoms with Crippen molar-refractivity contribution in [3.8, 4) is 0 Å². The number of nitrogens with zero attached hydrogens (tertiary/aromatic N) is 1. The minimum Gasteiger partial charge on any atom is -0.389 e. The highest BCUT2D eigenvalue weighted by molar-refractivity contribution is 4.89. The normalized spacial score (nSPS) is 21.5. The molecule has 1 rings (SSSR count). The quantitative estimate of drug-likeness (QED) is 0.692. The van der Waals surface area contributed by atoms with E-state index in [1.165, 1.54) is 6.42 Å². The third-order valence-electron chi connectivity index (χ3n) is 2.53. The SMILES string of the molecule is CC(C)CN(C)CC1(O)CCC1. The van der Waals surface area contributed by atoms with Crippen LogP contribution in [0.1, 0.15) is 33.1 Å². The van der Waals surface area contributed by atoms with Crippen LogP contribution in [0.4, 0.5) is 0 Å². The van der Waals surface area contributed by atoms with Crippen molar-refractivity contribution in [3.05, 3.63) is 0 Å². The van der Waals surface area contributed by atoms with Gasteiger partial charge in [0.2, 0.25) is 0 Å². The van der Waals surface area contributed by atoms with E-state index in [-0.39, 0.29) is 5.60 Å². The summed E-state index contributed by atoms with van der Waals surface area (Å²) in [5.74, 6) is 0.693. The Morgan fingerprint density at radius 3 is 2.33 bits per heavy atom. The van der Waals surface area contributed by atoms with Crippen LogP contribution in [-0.2, 0) is 0 Å².